The summed E-state index contributed by atoms with van der Waals surface area (Å²) in [4.78, 5) is 24.9. The van der Waals surface area contributed by atoms with Crippen LogP contribution >= 0.6 is 0 Å². The van der Waals surface area contributed by atoms with Crippen molar-refractivity contribution in [3.63, 3.8) is 0 Å². The molecule has 0 aliphatic rings. The van der Waals surface area contributed by atoms with Crippen LogP contribution in [0.1, 0.15) is 53.4 Å². The Morgan fingerprint density at radius 1 is 0.941 bits per heavy atom. The normalized spacial score (nSPS) is 13.4. The van der Waals surface area contributed by atoms with Crippen molar-refractivity contribution in [1.82, 2.24) is 5.32 Å². The Balaban J connectivity index is 2.15. The molecule has 1 amide bonds. The van der Waals surface area contributed by atoms with Crippen LogP contribution in [0.5, 0.6) is 0 Å². The van der Waals surface area contributed by atoms with Gasteiger partial charge in [-0.25, -0.2) is 4.79 Å². The van der Waals surface area contributed by atoms with Gasteiger partial charge in [0.05, 0.1) is 18.1 Å². The highest BCUT2D eigenvalue weighted by Crippen LogP contribution is 2.13. The molecule has 0 aliphatic heterocycles. The van der Waals surface area contributed by atoms with Crippen molar-refractivity contribution >= 4 is 31.3 Å². The molecule has 2 atom stereocenters. The van der Waals surface area contributed by atoms with Crippen molar-refractivity contribution in [2.45, 2.75) is 65.0 Å². The molecule has 186 valence electrons. The maximum absolute atomic E-state index is 13.2. The van der Waals surface area contributed by atoms with Crippen molar-refractivity contribution in [3.05, 3.63) is 60.7 Å². The number of nitrogens with one attached hydrogen (secondary N) is 1. The molecule has 0 aromatic heterocycles. The van der Waals surface area contributed by atoms with Crippen LogP contribution in [-0.4, -0.2) is 50.9 Å². The van der Waals surface area contributed by atoms with Gasteiger partial charge in [0.2, 0.25) is 14.9 Å². The summed E-state index contributed by atoms with van der Waals surface area (Å²) in [5.74, 6) is -1.83. The van der Waals surface area contributed by atoms with E-state index in [1.54, 1.807) is 0 Å². The van der Waals surface area contributed by atoms with Crippen LogP contribution in [0.15, 0.2) is 60.7 Å². The fraction of sp³-hybridized carbons (Fsp3) is 0.481. The number of benzene rings is 2. The molecular formula is C27H39NO5Si. The number of hydrogen-bond donors (Lipinski definition) is 2. The van der Waals surface area contributed by atoms with E-state index in [4.69, 9.17) is 9.16 Å². The van der Waals surface area contributed by atoms with Crippen LogP contribution in [0.25, 0.3) is 0 Å². The van der Waals surface area contributed by atoms with Crippen molar-refractivity contribution in [2.75, 3.05) is 13.2 Å². The maximum Gasteiger partial charge on any atom is 0.328 e. The first-order chi connectivity index (χ1) is 16.2. The lowest BCUT2D eigenvalue weighted by molar-refractivity contribution is -0.146. The lowest BCUT2D eigenvalue weighted by atomic mass is 10.0. The molecule has 2 N–H and O–H groups in total. The van der Waals surface area contributed by atoms with Crippen LogP contribution in [0.4, 0.5) is 0 Å². The number of amides is 1. The van der Waals surface area contributed by atoms with Gasteiger partial charge in [-0.1, -0.05) is 86.8 Å². The summed E-state index contributed by atoms with van der Waals surface area (Å²) in [6.07, 6.45) is 3.59. The molecule has 0 saturated carbocycles. The van der Waals surface area contributed by atoms with Gasteiger partial charge in [0.25, 0.3) is 0 Å². The molecular weight excluding hydrogens is 446 g/mol. The Bertz CT molecular complexity index is 830. The van der Waals surface area contributed by atoms with Crippen LogP contribution < -0.4 is 15.7 Å². The fourth-order valence-electron chi connectivity index (χ4n) is 3.58. The predicted molar refractivity (Wildman–Crippen MR) is 138 cm³/mol. The van der Waals surface area contributed by atoms with Crippen molar-refractivity contribution in [2.24, 2.45) is 5.92 Å². The zero-order valence-corrected chi connectivity index (χ0v) is 22.0. The summed E-state index contributed by atoms with van der Waals surface area (Å²) in [6, 6.07) is 19.1. The fourth-order valence-corrected chi connectivity index (χ4v) is 5.92. The molecule has 2 aromatic carbocycles. The summed E-state index contributed by atoms with van der Waals surface area (Å²) >= 11 is 0. The zero-order chi connectivity index (χ0) is 25.0. The monoisotopic (exact) mass is 485 g/mol. The van der Waals surface area contributed by atoms with E-state index in [2.05, 4.69) is 36.5 Å². The number of carbonyl (C=O) groups excluding carboxylic acids is 1. The second-order valence-electron chi connectivity index (χ2n) is 9.55. The van der Waals surface area contributed by atoms with E-state index in [0.29, 0.717) is 6.42 Å². The molecule has 0 fully saturated rings. The summed E-state index contributed by atoms with van der Waals surface area (Å²) in [5.41, 5.74) is -0.494. The third-order valence-corrected chi connectivity index (χ3v) is 8.00. The molecule has 0 heterocycles. The molecule has 0 bridgehead atoms. The van der Waals surface area contributed by atoms with E-state index in [9.17, 15) is 14.7 Å². The minimum absolute atomic E-state index is 0.0848. The molecule has 2 aromatic rings. The molecule has 0 spiro atoms. The van der Waals surface area contributed by atoms with Crippen LogP contribution in [-0.2, 0) is 18.8 Å². The number of hydrogen-bond acceptors (Lipinski definition) is 4. The second kappa shape index (κ2) is 14.0. The molecule has 6 nitrogen and oxygen atoms in total. The van der Waals surface area contributed by atoms with Gasteiger partial charge in [-0.2, -0.15) is 0 Å². The predicted octanol–water partition coefficient (Wildman–Crippen LogP) is 3.12. The van der Waals surface area contributed by atoms with Crippen LogP contribution in [0.3, 0.4) is 0 Å². The van der Waals surface area contributed by atoms with Crippen LogP contribution in [0, 0.1) is 5.92 Å². The standard InChI is InChI=1S/C27H39NO5Si/c1-5-6-9-14-21(25(29)28-24(26(30)31)20-32-27(2,3)4)19-33-34(22-15-10-7-11-16-22)23-17-12-8-13-18-23/h7-8,10-13,15-18,21,24,34H,5-6,9,14,19-20H2,1-4H3,(H,28,29)(H,30,31)/t21?,24-/m0/s1. The Kier molecular flexibility index (Phi) is 11.5. The third kappa shape index (κ3) is 9.79. The average molecular weight is 486 g/mol. The summed E-state index contributed by atoms with van der Waals surface area (Å²) in [6.45, 7) is 7.85. The molecule has 1 unspecified atom stereocenters. The molecule has 7 heteroatoms. The third-order valence-electron chi connectivity index (χ3n) is 5.49. The van der Waals surface area contributed by atoms with Gasteiger partial charge < -0.3 is 19.6 Å². The van der Waals surface area contributed by atoms with E-state index in [-0.39, 0.29) is 19.1 Å². The summed E-state index contributed by atoms with van der Waals surface area (Å²) in [7, 11) is -2.00. The van der Waals surface area contributed by atoms with Gasteiger partial charge in [0.1, 0.15) is 0 Å². The number of rotatable bonds is 14. The molecule has 0 saturated heterocycles. The number of unbranched alkanes of at least 4 members (excludes halogenated alkanes) is 2. The van der Waals surface area contributed by atoms with Crippen molar-refractivity contribution in [3.8, 4) is 0 Å². The number of aliphatic carboxylic acids is 1. The van der Waals surface area contributed by atoms with Crippen molar-refractivity contribution < 1.29 is 23.9 Å². The Morgan fingerprint density at radius 3 is 1.97 bits per heavy atom. The molecule has 0 radical (unpaired) electrons. The zero-order valence-electron chi connectivity index (χ0n) is 20.8. The minimum atomic E-state index is -2.00. The van der Waals surface area contributed by atoms with Gasteiger partial charge in [-0.3, -0.25) is 4.79 Å². The maximum atomic E-state index is 13.2. The Hall–Kier alpha value is -2.48. The molecule has 0 aliphatic carbocycles. The lowest BCUT2D eigenvalue weighted by Gasteiger charge is -2.26. The highest BCUT2D eigenvalue weighted by atomic mass is 28.3. The number of carboxylic acid groups (broad SMARTS) is 1. The number of ether oxygens (including phenoxy) is 1. The SMILES string of the molecule is CCCCCC(CO[SiH](c1ccccc1)c1ccccc1)C(=O)N[C@@H](COC(C)(C)C)C(=O)O. The van der Waals surface area contributed by atoms with E-state index in [1.165, 1.54) is 0 Å². The van der Waals surface area contributed by atoms with Crippen LogP contribution in [0.2, 0.25) is 0 Å². The highest BCUT2D eigenvalue weighted by Gasteiger charge is 2.28. The van der Waals surface area contributed by atoms with Crippen molar-refractivity contribution in [1.29, 1.82) is 0 Å². The van der Waals surface area contributed by atoms with Gasteiger partial charge in [-0.05, 0) is 37.6 Å². The number of carboxylic acids is 1. The van der Waals surface area contributed by atoms with E-state index in [1.807, 2.05) is 57.2 Å². The number of carbonyl (C=O) groups is 2. The Labute approximate surface area is 205 Å². The minimum Gasteiger partial charge on any atom is -0.480 e. The first-order valence-corrected chi connectivity index (χ1v) is 13.7. The summed E-state index contributed by atoms with van der Waals surface area (Å²) in [5, 5.41) is 14.6. The summed E-state index contributed by atoms with van der Waals surface area (Å²) < 4.78 is 12.1. The van der Waals surface area contributed by atoms with E-state index < -0.39 is 32.6 Å². The topological polar surface area (TPSA) is 84.9 Å². The largest absolute Gasteiger partial charge is 0.480 e. The Morgan fingerprint density at radius 2 is 1.50 bits per heavy atom. The van der Waals surface area contributed by atoms with Gasteiger partial charge in [-0.15, -0.1) is 0 Å². The van der Waals surface area contributed by atoms with Gasteiger partial charge in [0.15, 0.2) is 6.04 Å². The second-order valence-corrected chi connectivity index (χ2v) is 12.0. The highest BCUT2D eigenvalue weighted by molar-refractivity contribution is 6.80. The average Bonchev–Trinajstić information content (AvgIpc) is 2.81. The van der Waals surface area contributed by atoms with E-state index >= 15 is 0 Å². The first-order valence-electron chi connectivity index (χ1n) is 12.1. The smallest absolute Gasteiger partial charge is 0.328 e. The quantitative estimate of drug-likeness (QED) is 0.317. The van der Waals surface area contributed by atoms with Gasteiger partial charge >= 0.3 is 5.97 Å². The first kappa shape index (κ1) is 27.8. The van der Waals surface area contributed by atoms with E-state index in [0.717, 1.165) is 29.6 Å². The van der Waals surface area contributed by atoms with Gasteiger partial charge in [0, 0.05) is 6.61 Å². The molecule has 2 rings (SSSR count). The molecule has 34 heavy (non-hydrogen) atoms. The lowest BCUT2D eigenvalue weighted by Crippen LogP contribution is -2.50.